The van der Waals surface area contributed by atoms with Crippen LogP contribution in [0, 0.1) is 5.41 Å². The highest BCUT2D eigenvalue weighted by molar-refractivity contribution is 6.29. The molecule has 1 aliphatic heterocycles. The number of ether oxygens (including phenoxy) is 2. The summed E-state index contributed by atoms with van der Waals surface area (Å²) in [5.74, 6) is -0.289. The van der Waals surface area contributed by atoms with Crippen molar-refractivity contribution in [2.24, 2.45) is 5.41 Å². The van der Waals surface area contributed by atoms with Crippen molar-refractivity contribution in [2.45, 2.75) is 39.2 Å². The van der Waals surface area contributed by atoms with Gasteiger partial charge in [0.15, 0.2) is 0 Å². The lowest BCUT2D eigenvalue weighted by Crippen LogP contribution is -2.48. The number of carbonyl (C=O) groups is 3. The number of hydrogen-bond acceptors (Lipinski definition) is 5. The van der Waals surface area contributed by atoms with E-state index in [1.807, 2.05) is 0 Å². The van der Waals surface area contributed by atoms with E-state index in [9.17, 15) is 14.4 Å². The number of hydrogen-bond donors (Lipinski definition) is 0. The van der Waals surface area contributed by atoms with Crippen molar-refractivity contribution in [3.63, 3.8) is 0 Å². The first-order valence-electron chi connectivity index (χ1n) is 10.3. The first-order valence-corrected chi connectivity index (χ1v) is 10.7. The van der Waals surface area contributed by atoms with E-state index in [0.717, 1.165) is 0 Å². The molecule has 1 saturated heterocycles. The molecule has 174 valence electrons. The summed E-state index contributed by atoms with van der Waals surface area (Å²) in [7, 11) is 1.53. The van der Waals surface area contributed by atoms with Crippen LogP contribution >= 0.6 is 11.6 Å². The number of halogens is 1. The van der Waals surface area contributed by atoms with Gasteiger partial charge in [0.2, 0.25) is 5.91 Å². The summed E-state index contributed by atoms with van der Waals surface area (Å²) in [5, 5.41) is 0.253. The average Bonchev–Trinajstić information content (AvgIpc) is 2.83. The monoisotopic (exact) mass is 462 g/mol. The van der Waals surface area contributed by atoms with Gasteiger partial charge >= 0.3 is 6.09 Å². The van der Waals surface area contributed by atoms with E-state index in [4.69, 9.17) is 21.1 Å². The van der Waals surface area contributed by atoms with Crippen molar-refractivity contribution in [1.29, 1.82) is 0 Å². The van der Waals surface area contributed by atoms with Gasteiger partial charge < -0.3 is 14.4 Å². The molecule has 0 aromatic heterocycles. The minimum Gasteiger partial charge on any atom is -0.497 e. The van der Waals surface area contributed by atoms with Crippen LogP contribution in [0.2, 0.25) is 0 Å². The first kappa shape index (κ1) is 25.5. The van der Waals surface area contributed by atoms with E-state index in [1.54, 1.807) is 51.1 Å². The van der Waals surface area contributed by atoms with Gasteiger partial charge in [-0.1, -0.05) is 24.3 Å². The molecule has 0 saturated carbocycles. The molecule has 1 atom stereocenters. The zero-order valence-corrected chi connectivity index (χ0v) is 19.9. The number of rotatable bonds is 6. The first-order chi connectivity index (χ1) is 14.9. The molecule has 7 nitrogen and oxygen atoms in total. The van der Waals surface area contributed by atoms with Gasteiger partial charge in [-0.15, -0.1) is 6.58 Å². The van der Waals surface area contributed by atoms with Crippen molar-refractivity contribution < 1.29 is 23.9 Å². The molecule has 8 heteroatoms. The minimum atomic E-state index is -1.18. The van der Waals surface area contributed by atoms with Gasteiger partial charge in [0.1, 0.15) is 11.4 Å². The molecular weight excluding hydrogens is 432 g/mol. The van der Waals surface area contributed by atoms with Crippen molar-refractivity contribution in [3.8, 4) is 5.75 Å². The number of allylic oxidation sites excluding steroid dienone is 2. The van der Waals surface area contributed by atoms with Gasteiger partial charge in [-0.2, -0.15) is 0 Å². The molecule has 0 unspecified atom stereocenters. The quantitative estimate of drug-likeness (QED) is 0.455. The normalized spacial score (nSPS) is 19.2. The Morgan fingerprint density at radius 3 is 2.34 bits per heavy atom. The number of benzene rings is 1. The Kier molecular flexibility index (Phi) is 8.13. The SMILES string of the molecule is C=CC[C@]1(CC(=C)Cl)CN(C(=O)OC(C)(C)C)CCN(C(=O)c2ccc(OC)cc2)C1=O. The van der Waals surface area contributed by atoms with Crippen molar-refractivity contribution in [1.82, 2.24) is 9.80 Å². The van der Waals surface area contributed by atoms with Gasteiger partial charge in [0.25, 0.3) is 5.91 Å². The number of carbonyl (C=O) groups excluding carboxylic acids is 3. The minimum absolute atomic E-state index is 0.0244. The number of nitrogens with zero attached hydrogens (tertiary/aromatic N) is 2. The van der Waals surface area contributed by atoms with Gasteiger partial charge in [0, 0.05) is 30.2 Å². The lowest BCUT2D eigenvalue weighted by molar-refractivity contribution is -0.138. The third-order valence-corrected chi connectivity index (χ3v) is 5.22. The summed E-state index contributed by atoms with van der Waals surface area (Å²) >= 11 is 6.13. The largest absolute Gasteiger partial charge is 0.497 e. The predicted molar refractivity (Wildman–Crippen MR) is 124 cm³/mol. The lowest BCUT2D eigenvalue weighted by Gasteiger charge is -2.35. The van der Waals surface area contributed by atoms with Crippen LogP contribution in [0.3, 0.4) is 0 Å². The number of amides is 3. The summed E-state index contributed by atoms with van der Waals surface area (Å²) in [6.45, 7) is 13.0. The van der Waals surface area contributed by atoms with Crippen LogP contribution < -0.4 is 4.74 Å². The highest BCUT2D eigenvalue weighted by Crippen LogP contribution is 2.37. The van der Waals surface area contributed by atoms with E-state index < -0.39 is 28.9 Å². The Morgan fingerprint density at radius 2 is 1.84 bits per heavy atom. The van der Waals surface area contributed by atoms with Gasteiger partial charge in [0.05, 0.1) is 12.5 Å². The standard InChI is InChI=1S/C24H31ClN2O5/c1-7-12-24(15-17(2)25)16-26(22(30)32-23(3,4)5)13-14-27(21(24)29)20(28)18-8-10-19(31-6)11-9-18/h7-11H,1-2,12-16H2,3-6H3/t24-/m0/s1. The summed E-state index contributed by atoms with van der Waals surface area (Å²) in [5.41, 5.74) is -1.55. The van der Waals surface area contributed by atoms with Crippen LogP contribution in [0.25, 0.3) is 0 Å². The third kappa shape index (κ3) is 6.13. The Hall–Kier alpha value is -2.80. The zero-order chi connectivity index (χ0) is 24.1. The van der Waals surface area contributed by atoms with Gasteiger partial charge in [-0.05, 0) is 57.9 Å². The molecule has 2 rings (SSSR count). The van der Waals surface area contributed by atoms with E-state index in [0.29, 0.717) is 11.3 Å². The van der Waals surface area contributed by atoms with Gasteiger partial charge in [-0.25, -0.2) is 4.79 Å². The molecule has 32 heavy (non-hydrogen) atoms. The molecule has 1 fully saturated rings. The van der Waals surface area contributed by atoms with E-state index in [-0.39, 0.29) is 37.5 Å². The Morgan fingerprint density at radius 1 is 1.22 bits per heavy atom. The van der Waals surface area contributed by atoms with Crippen LogP contribution in [-0.4, -0.2) is 60.1 Å². The van der Waals surface area contributed by atoms with Crippen LogP contribution in [0.1, 0.15) is 44.0 Å². The summed E-state index contributed by atoms with van der Waals surface area (Å²) in [6.07, 6.45) is 1.33. The number of methoxy groups -OCH3 is 1. The van der Waals surface area contributed by atoms with Crippen LogP contribution in [0.5, 0.6) is 5.75 Å². The second kappa shape index (κ2) is 10.2. The highest BCUT2D eigenvalue weighted by Gasteiger charge is 2.47. The predicted octanol–water partition coefficient (Wildman–Crippen LogP) is 4.62. The summed E-state index contributed by atoms with van der Waals surface area (Å²) in [6, 6.07) is 6.50. The molecular formula is C24H31ClN2O5. The molecule has 0 radical (unpaired) electrons. The smallest absolute Gasteiger partial charge is 0.410 e. The van der Waals surface area contributed by atoms with Crippen LogP contribution in [-0.2, 0) is 9.53 Å². The maximum Gasteiger partial charge on any atom is 0.410 e. The van der Waals surface area contributed by atoms with Crippen molar-refractivity contribution >= 4 is 29.5 Å². The zero-order valence-electron chi connectivity index (χ0n) is 19.2. The molecule has 1 aliphatic rings. The Labute approximate surface area is 194 Å². The van der Waals surface area contributed by atoms with E-state index in [1.165, 1.54) is 16.9 Å². The third-order valence-electron chi connectivity index (χ3n) is 5.08. The molecule has 3 amide bonds. The maximum absolute atomic E-state index is 13.7. The molecule has 1 aromatic rings. The van der Waals surface area contributed by atoms with E-state index in [2.05, 4.69) is 13.2 Å². The Balaban J connectivity index is 2.46. The summed E-state index contributed by atoms with van der Waals surface area (Å²) in [4.78, 5) is 42.5. The lowest BCUT2D eigenvalue weighted by atomic mass is 9.79. The van der Waals surface area contributed by atoms with Crippen molar-refractivity contribution in [3.05, 3.63) is 54.1 Å². The second-order valence-corrected chi connectivity index (χ2v) is 9.39. The molecule has 0 N–H and O–H groups in total. The van der Waals surface area contributed by atoms with Crippen LogP contribution in [0.4, 0.5) is 4.79 Å². The fraction of sp³-hybridized carbons (Fsp3) is 0.458. The number of imide groups is 1. The average molecular weight is 463 g/mol. The van der Waals surface area contributed by atoms with Crippen LogP contribution in [0.15, 0.2) is 48.5 Å². The van der Waals surface area contributed by atoms with Gasteiger partial charge in [-0.3, -0.25) is 14.5 Å². The van der Waals surface area contributed by atoms with Crippen molar-refractivity contribution in [2.75, 3.05) is 26.7 Å². The molecule has 1 heterocycles. The molecule has 0 bridgehead atoms. The fourth-order valence-electron chi connectivity index (χ4n) is 3.69. The van der Waals surface area contributed by atoms with E-state index >= 15 is 0 Å². The Bertz CT molecular complexity index is 891. The topological polar surface area (TPSA) is 76.2 Å². The fourth-order valence-corrected chi connectivity index (χ4v) is 3.94. The second-order valence-electron chi connectivity index (χ2n) is 8.86. The maximum atomic E-state index is 13.7. The molecule has 1 aromatic carbocycles. The highest BCUT2D eigenvalue weighted by atomic mass is 35.5. The molecule has 0 aliphatic carbocycles. The summed E-state index contributed by atoms with van der Waals surface area (Å²) < 4.78 is 10.7. The molecule has 0 spiro atoms.